The van der Waals surface area contributed by atoms with Crippen molar-refractivity contribution in [1.29, 1.82) is 0 Å². The molecule has 86 valence electrons. The van der Waals surface area contributed by atoms with E-state index < -0.39 is 9.84 Å². The number of benzene rings is 1. The van der Waals surface area contributed by atoms with Crippen molar-refractivity contribution in [2.24, 2.45) is 4.99 Å². The summed E-state index contributed by atoms with van der Waals surface area (Å²) in [4.78, 5) is 4.31. The number of nitrogens with zero attached hydrogens (tertiary/aromatic N) is 1. The quantitative estimate of drug-likeness (QED) is 0.785. The van der Waals surface area contributed by atoms with Gasteiger partial charge in [-0.3, -0.25) is 4.99 Å². The van der Waals surface area contributed by atoms with Crippen LogP contribution in [0.15, 0.2) is 33.7 Å². The van der Waals surface area contributed by atoms with Crippen LogP contribution in [-0.2, 0) is 9.84 Å². The summed E-state index contributed by atoms with van der Waals surface area (Å²) in [5.41, 5.74) is 0.985. The van der Waals surface area contributed by atoms with E-state index in [0.717, 1.165) is 10.0 Å². The molecule has 2 rings (SSSR count). The highest BCUT2D eigenvalue weighted by atomic mass is 79.9. The largest absolute Gasteiger partial charge is 0.288 e. The van der Waals surface area contributed by atoms with Gasteiger partial charge in [0.1, 0.15) is 0 Å². The molecule has 1 fully saturated rings. The number of aliphatic imine (C=N–C) groups is 1. The van der Waals surface area contributed by atoms with Crippen LogP contribution in [0.5, 0.6) is 0 Å². The predicted molar refractivity (Wildman–Crippen MR) is 68.8 cm³/mol. The fraction of sp³-hybridized carbons (Fsp3) is 0.364. The van der Waals surface area contributed by atoms with Crippen LogP contribution in [0, 0.1) is 0 Å². The molecule has 0 aromatic heterocycles. The average Bonchev–Trinajstić information content (AvgIpc) is 2.56. The van der Waals surface area contributed by atoms with Crippen molar-refractivity contribution in [3.05, 3.63) is 34.3 Å². The van der Waals surface area contributed by atoms with Crippen LogP contribution < -0.4 is 0 Å². The molecule has 0 radical (unpaired) electrons. The van der Waals surface area contributed by atoms with Crippen molar-refractivity contribution in [3.63, 3.8) is 0 Å². The van der Waals surface area contributed by atoms with E-state index in [1.165, 1.54) is 0 Å². The smallest absolute Gasteiger partial charge is 0.152 e. The second-order valence-electron chi connectivity index (χ2n) is 3.89. The monoisotopic (exact) mass is 301 g/mol. The zero-order valence-corrected chi connectivity index (χ0v) is 11.0. The second-order valence-corrected chi connectivity index (χ2v) is 7.03. The number of sulfone groups is 1. The predicted octanol–water partition coefficient (Wildman–Crippen LogP) is 2.06. The molecule has 0 spiro atoms. The van der Waals surface area contributed by atoms with E-state index in [0.29, 0.717) is 6.42 Å². The normalized spacial score (nSPS) is 23.9. The Bertz CT molecular complexity index is 510. The Morgan fingerprint density at radius 2 is 2.25 bits per heavy atom. The SMILES string of the molecule is O=S1(=O)CC[C@@H](N=Cc2cccc(Br)c2)C1. The molecular formula is C11H12BrNO2S. The Morgan fingerprint density at radius 1 is 1.44 bits per heavy atom. The van der Waals surface area contributed by atoms with E-state index in [2.05, 4.69) is 20.9 Å². The zero-order valence-electron chi connectivity index (χ0n) is 8.64. The highest BCUT2D eigenvalue weighted by Crippen LogP contribution is 2.15. The summed E-state index contributed by atoms with van der Waals surface area (Å²) in [7, 11) is -2.83. The third-order valence-corrected chi connectivity index (χ3v) is 4.74. The maximum Gasteiger partial charge on any atom is 0.152 e. The third kappa shape index (κ3) is 3.15. The van der Waals surface area contributed by atoms with E-state index in [9.17, 15) is 8.42 Å². The molecule has 0 saturated carbocycles. The van der Waals surface area contributed by atoms with Gasteiger partial charge in [-0.25, -0.2) is 8.42 Å². The first-order valence-corrected chi connectivity index (χ1v) is 7.66. The highest BCUT2D eigenvalue weighted by molar-refractivity contribution is 9.10. The van der Waals surface area contributed by atoms with E-state index in [1.54, 1.807) is 6.21 Å². The number of rotatable bonds is 2. The maximum absolute atomic E-state index is 11.2. The summed E-state index contributed by atoms with van der Waals surface area (Å²) in [5.74, 6) is 0.463. The van der Waals surface area contributed by atoms with Gasteiger partial charge in [-0.2, -0.15) is 0 Å². The molecule has 1 aliphatic heterocycles. The van der Waals surface area contributed by atoms with Crippen LogP contribution in [0.1, 0.15) is 12.0 Å². The van der Waals surface area contributed by atoms with Gasteiger partial charge in [-0.15, -0.1) is 0 Å². The summed E-state index contributed by atoms with van der Waals surface area (Å²) in [6, 6.07) is 7.70. The molecule has 1 aromatic carbocycles. The van der Waals surface area contributed by atoms with Gasteiger partial charge in [0.2, 0.25) is 0 Å². The van der Waals surface area contributed by atoms with Crippen LogP contribution >= 0.6 is 15.9 Å². The van der Waals surface area contributed by atoms with Crippen molar-refractivity contribution in [1.82, 2.24) is 0 Å². The standard InChI is InChI=1S/C11H12BrNO2S/c12-10-3-1-2-9(6-10)7-13-11-4-5-16(14,15)8-11/h1-3,6-7,11H,4-5,8H2/t11-/m1/s1. The molecule has 0 bridgehead atoms. The Labute approximate surface area is 104 Å². The average molecular weight is 302 g/mol. The van der Waals surface area contributed by atoms with Gasteiger partial charge in [0, 0.05) is 10.7 Å². The van der Waals surface area contributed by atoms with Crippen molar-refractivity contribution < 1.29 is 8.42 Å². The van der Waals surface area contributed by atoms with Crippen LogP contribution in [0.3, 0.4) is 0 Å². The van der Waals surface area contributed by atoms with Crippen LogP contribution in [0.2, 0.25) is 0 Å². The Hall–Kier alpha value is -0.680. The first kappa shape index (κ1) is 11.8. The van der Waals surface area contributed by atoms with Crippen LogP contribution in [0.4, 0.5) is 0 Å². The molecule has 5 heteroatoms. The van der Waals surface area contributed by atoms with Crippen molar-refractivity contribution in [3.8, 4) is 0 Å². The van der Waals surface area contributed by atoms with Gasteiger partial charge in [0.15, 0.2) is 9.84 Å². The summed E-state index contributed by atoms with van der Waals surface area (Å²) >= 11 is 3.38. The number of hydrogen-bond donors (Lipinski definition) is 0. The lowest BCUT2D eigenvalue weighted by Gasteiger charge is -1.99. The van der Waals surface area contributed by atoms with Gasteiger partial charge < -0.3 is 0 Å². The van der Waals surface area contributed by atoms with Gasteiger partial charge in [-0.1, -0.05) is 28.1 Å². The summed E-state index contributed by atoms with van der Waals surface area (Å²) in [5, 5.41) is 0. The van der Waals surface area contributed by atoms with Crippen molar-refractivity contribution >= 4 is 32.0 Å². The molecule has 0 aliphatic carbocycles. The molecule has 0 N–H and O–H groups in total. The third-order valence-electron chi connectivity index (χ3n) is 2.49. The van der Waals surface area contributed by atoms with Crippen LogP contribution in [0.25, 0.3) is 0 Å². The molecular weight excluding hydrogens is 290 g/mol. The second kappa shape index (κ2) is 4.67. The summed E-state index contributed by atoms with van der Waals surface area (Å²) < 4.78 is 23.4. The fourth-order valence-corrected chi connectivity index (χ4v) is 3.73. The molecule has 1 aromatic rings. The Morgan fingerprint density at radius 3 is 2.88 bits per heavy atom. The van der Waals surface area contributed by atoms with Gasteiger partial charge in [-0.05, 0) is 24.1 Å². The van der Waals surface area contributed by atoms with E-state index in [1.807, 2.05) is 24.3 Å². The molecule has 1 aliphatic rings. The molecule has 3 nitrogen and oxygen atoms in total. The molecule has 1 atom stereocenters. The summed E-state index contributed by atoms with van der Waals surface area (Å²) in [6.07, 6.45) is 2.39. The minimum atomic E-state index is -2.83. The lowest BCUT2D eigenvalue weighted by Crippen LogP contribution is -2.07. The van der Waals surface area contributed by atoms with E-state index in [4.69, 9.17) is 0 Å². The number of hydrogen-bond acceptors (Lipinski definition) is 3. The van der Waals surface area contributed by atoms with E-state index >= 15 is 0 Å². The van der Waals surface area contributed by atoms with Crippen molar-refractivity contribution in [2.75, 3.05) is 11.5 Å². The maximum atomic E-state index is 11.2. The van der Waals surface area contributed by atoms with Gasteiger partial charge in [0.25, 0.3) is 0 Å². The van der Waals surface area contributed by atoms with Crippen LogP contribution in [-0.4, -0.2) is 32.2 Å². The van der Waals surface area contributed by atoms with Gasteiger partial charge in [0.05, 0.1) is 17.5 Å². The topological polar surface area (TPSA) is 46.5 Å². The molecule has 1 heterocycles. The fourth-order valence-electron chi connectivity index (χ4n) is 1.67. The Balaban J connectivity index is 2.05. The minimum absolute atomic E-state index is 0.0658. The molecule has 16 heavy (non-hydrogen) atoms. The van der Waals surface area contributed by atoms with E-state index in [-0.39, 0.29) is 17.5 Å². The Kier molecular flexibility index (Phi) is 3.44. The highest BCUT2D eigenvalue weighted by Gasteiger charge is 2.26. The lowest BCUT2D eigenvalue weighted by molar-refractivity contribution is 0.601. The van der Waals surface area contributed by atoms with Gasteiger partial charge >= 0.3 is 0 Å². The first-order valence-electron chi connectivity index (χ1n) is 5.04. The lowest BCUT2D eigenvalue weighted by atomic mass is 10.2. The van der Waals surface area contributed by atoms with Crippen molar-refractivity contribution in [2.45, 2.75) is 12.5 Å². The molecule has 1 saturated heterocycles. The number of halogens is 1. The summed E-state index contributed by atoms with van der Waals surface area (Å²) in [6.45, 7) is 0. The minimum Gasteiger partial charge on any atom is -0.288 e. The molecule has 0 amide bonds. The zero-order chi connectivity index (χ0) is 11.6. The molecule has 0 unspecified atom stereocenters. The first-order chi connectivity index (χ1) is 7.55.